The number of carbonyl (C=O) groups is 2. The van der Waals surface area contributed by atoms with Crippen molar-refractivity contribution in [1.29, 1.82) is 0 Å². The molecule has 0 spiro atoms. The Kier molecular flexibility index (Phi) is 6.57. The maximum absolute atomic E-state index is 14.1. The highest BCUT2D eigenvalue weighted by atomic mass is 32.2. The van der Waals surface area contributed by atoms with Crippen LogP contribution in [-0.4, -0.2) is 34.3 Å². The number of nitrogens with zero attached hydrogens (tertiary/aromatic N) is 3. The molecule has 2 aromatic rings. The summed E-state index contributed by atoms with van der Waals surface area (Å²) < 4.78 is 5.84. The zero-order chi connectivity index (χ0) is 26.5. The van der Waals surface area contributed by atoms with Crippen LogP contribution in [0.5, 0.6) is 0 Å². The number of aldehydes is 1. The van der Waals surface area contributed by atoms with Crippen LogP contribution in [0.3, 0.4) is 0 Å². The highest BCUT2D eigenvalue weighted by Crippen LogP contribution is 2.58. The van der Waals surface area contributed by atoms with Gasteiger partial charge in [0.25, 0.3) is 0 Å². The van der Waals surface area contributed by atoms with E-state index in [1.807, 2.05) is 11.5 Å². The summed E-state index contributed by atoms with van der Waals surface area (Å²) in [5.41, 5.74) is 3.11. The number of anilines is 1. The van der Waals surface area contributed by atoms with Gasteiger partial charge < -0.3 is 19.5 Å². The Bertz CT molecular complexity index is 1250. The van der Waals surface area contributed by atoms with Crippen LogP contribution in [0.15, 0.2) is 34.2 Å². The summed E-state index contributed by atoms with van der Waals surface area (Å²) in [7, 11) is 0. The van der Waals surface area contributed by atoms with Crippen LogP contribution >= 0.6 is 11.8 Å². The number of amides is 1. The molecule has 8 rings (SSSR count). The lowest BCUT2D eigenvalue weighted by atomic mass is 9.53. The summed E-state index contributed by atoms with van der Waals surface area (Å²) >= 11 is 1.49. The Morgan fingerprint density at radius 1 is 1.08 bits per heavy atom. The maximum Gasteiger partial charge on any atom is 0.232 e. The summed E-state index contributed by atoms with van der Waals surface area (Å²) in [6.45, 7) is 0.775. The van der Waals surface area contributed by atoms with E-state index < -0.39 is 0 Å². The number of nitrogens with one attached hydrogen (secondary N) is 1. The number of hydrogen-bond acceptors (Lipinski definition) is 7. The number of benzene rings is 1. The second-order valence-electron chi connectivity index (χ2n) is 12.7. The molecule has 1 aromatic carbocycles. The van der Waals surface area contributed by atoms with E-state index in [-0.39, 0.29) is 22.1 Å². The Morgan fingerprint density at radius 3 is 2.54 bits per heavy atom. The average molecular weight is 547 g/mol. The molecule has 1 N–H and O–H groups in total. The quantitative estimate of drug-likeness (QED) is 0.388. The molecule has 0 radical (unpaired) electrons. The molecule has 7 nitrogen and oxygen atoms in total. The van der Waals surface area contributed by atoms with Crippen molar-refractivity contribution in [3.05, 3.63) is 47.0 Å². The lowest BCUT2D eigenvalue weighted by molar-refractivity contribution is -0.124. The van der Waals surface area contributed by atoms with E-state index in [0.29, 0.717) is 11.8 Å². The minimum absolute atomic E-state index is 0.0213. The Balaban J connectivity index is 1.13. The van der Waals surface area contributed by atoms with E-state index in [9.17, 15) is 9.59 Å². The van der Waals surface area contributed by atoms with Gasteiger partial charge in [0.15, 0.2) is 12.1 Å². The number of aromatic nitrogens is 2. The van der Waals surface area contributed by atoms with Crippen molar-refractivity contribution < 1.29 is 14.1 Å². The maximum atomic E-state index is 14.1. The standard InChI is InChI=1S/C31H38N4O3S/c36-18-26-32-25(19-39-26)23-7-4-8-24(17-23)35(28(37)22-5-2-1-3-6-22)20-30-11-14-31(15-12-30,16-13-30)29-33-27(34-38-29)21-9-10-21/h4,7-8,17-19,21-22,26,32H,1-3,5-6,9-16,20H2. The largest absolute Gasteiger partial charge is 0.366 e. The molecule has 1 atom stereocenters. The zero-order valence-corrected chi connectivity index (χ0v) is 23.4. The predicted molar refractivity (Wildman–Crippen MR) is 152 cm³/mol. The first-order valence-electron chi connectivity index (χ1n) is 14.9. The average Bonchev–Trinajstić information content (AvgIpc) is 3.51. The van der Waals surface area contributed by atoms with Crippen molar-refractivity contribution in [1.82, 2.24) is 15.5 Å². The van der Waals surface area contributed by atoms with Gasteiger partial charge in [-0.15, -0.1) is 0 Å². The molecule has 1 unspecified atom stereocenters. The lowest BCUT2D eigenvalue weighted by Gasteiger charge is -2.53. The van der Waals surface area contributed by atoms with E-state index in [4.69, 9.17) is 9.51 Å². The third-order valence-corrected chi connectivity index (χ3v) is 11.1. The molecule has 206 valence electrons. The highest BCUT2D eigenvalue weighted by Gasteiger charge is 2.53. The van der Waals surface area contributed by atoms with Crippen LogP contribution in [0, 0.1) is 11.3 Å². The number of hydrogen-bond donors (Lipinski definition) is 1. The summed E-state index contributed by atoms with van der Waals surface area (Å²) in [4.78, 5) is 32.4. The van der Waals surface area contributed by atoms with Gasteiger partial charge in [-0.2, -0.15) is 4.98 Å². The van der Waals surface area contributed by atoms with Crippen LogP contribution in [0.1, 0.15) is 107 Å². The SMILES string of the molecule is O=CC1NC(c2cccc(N(CC34CCC(c5nc(C6CC6)no5)(CC3)CC4)C(=O)C3CCCCC3)c2)=CS1. The van der Waals surface area contributed by atoms with Gasteiger partial charge in [0.2, 0.25) is 11.8 Å². The summed E-state index contributed by atoms with van der Waals surface area (Å²) in [5, 5.41) is 9.38. The number of thioether (sulfide) groups is 1. The third kappa shape index (κ3) is 4.83. The summed E-state index contributed by atoms with van der Waals surface area (Å²) in [6, 6.07) is 8.34. The molecule has 2 bridgehead atoms. The third-order valence-electron chi connectivity index (χ3n) is 10.2. The zero-order valence-electron chi connectivity index (χ0n) is 22.6. The van der Waals surface area contributed by atoms with Gasteiger partial charge in [-0.1, -0.05) is 48.3 Å². The summed E-state index contributed by atoms with van der Waals surface area (Å²) in [5.74, 6) is 2.70. The van der Waals surface area contributed by atoms with Gasteiger partial charge in [0.1, 0.15) is 5.37 Å². The Hall–Kier alpha value is -2.61. The van der Waals surface area contributed by atoms with Gasteiger partial charge in [-0.25, -0.2) is 0 Å². The second kappa shape index (κ2) is 10.1. The van der Waals surface area contributed by atoms with Gasteiger partial charge >= 0.3 is 0 Å². The van der Waals surface area contributed by atoms with Gasteiger partial charge in [-0.05, 0) is 87.2 Å². The molecule has 5 fully saturated rings. The molecular formula is C31H38N4O3S. The van der Waals surface area contributed by atoms with Crippen molar-refractivity contribution in [2.45, 2.75) is 100 Å². The predicted octanol–water partition coefficient (Wildman–Crippen LogP) is 6.31. The first-order chi connectivity index (χ1) is 19.1. The van der Waals surface area contributed by atoms with Crippen molar-refractivity contribution in [3.63, 3.8) is 0 Å². The van der Waals surface area contributed by atoms with E-state index >= 15 is 0 Å². The fraction of sp³-hybridized carbons (Fsp3) is 0.613. The van der Waals surface area contributed by atoms with Crippen molar-refractivity contribution in [3.8, 4) is 0 Å². The monoisotopic (exact) mass is 546 g/mol. The first kappa shape index (κ1) is 25.4. The van der Waals surface area contributed by atoms with Crippen LogP contribution < -0.4 is 10.2 Å². The molecule has 8 heteroatoms. The summed E-state index contributed by atoms with van der Waals surface area (Å²) in [6.07, 6.45) is 15.3. The van der Waals surface area contributed by atoms with Gasteiger partial charge in [0.05, 0.1) is 0 Å². The fourth-order valence-electron chi connectivity index (χ4n) is 7.40. The molecule has 5 saturated carbocycles. The van der Waals surface area contributed by atoms with E-state index in [1.54, 1.807) is 0 Å². The lowest BCUT2D eigenvalue weighted by Crippen LogP contribution is -2.51. The smallest absolute Gasteiger partial charge is 0.232 e. The van der Waals surface area contributed by atoms with Gasteiger partial charge in [-0.3, -0.25) is 4.79 Å². The second-order valence-corrected chi connectivity index (χ2v) is 13.7. The number of rotatable bonds is 8. The number of carbonyl (C=O) groups excluding carboxylic acids is 2. The van der Waals surface area contributed by atoms with E-state index in [1.165, 1.54) is 31.0 Å². The van der Waals surface area contributed by atoms with Crippen LogP contribution in [0.25, 0.3) is 5.70 Å². The van der Waals surface area contributed by atoms with Gasteiger partial charge in [0, 0.05) is 40.7 Å². The molecule has 39 heavy (non-hydrogen) atoms. The minimum atomic E-state index is -0.244. The molecule has 5 aliphatic carbocycles. The number of fused-ring (bicyclic) bond motifs is 3. The molecule has 1 amide bonds. The van der Waals surface area contributed by atoms with Crippen molar-refractivity contribution >= 4 is 35.3 Å². The molecule has 1 aliphatic heterocycles. The molecule has 2 heterocycles. The minimum Gasteiger partial charge on any atom is -0.366 e. The van der Waals surface area contributed by atoms with E-state index in [2.05, 4.69) is 33.6 Å². The first-order valence-corrected chi connectivity index (χ1v) is 15.8. The van der Waals surface area contributed by atoms with Crippen molar-refractivity contribution in [2.24, 2.45) is 11.3 Å². The Morgan fingerprint density at radius 2 is 1.85 bits per heavy atom. The molecule has 1 aromatic heterocycles. The highest BCUT2D eigenvalue weighted by molar-refractivity contribution is 8.03. The molecular weight excluding hydrogens is 508 g/mol. The van der Waals surface area contributed by atoms with Crippen LogP contribution in [0.4, 0.5) is 5.69 Å². The normalized spacial score (nSPS) is 30.6. The van der Waals surface area contributed by atoms with Crippen LogP contribution in [0.2, 0.25) is 0 Å². The fourth-order valence-corrected chi connectivity index (χ4v) is 8.15. The van der Waals surface area contributed by atoms with Crippen molar-refractivity contribution in [2.75, 3.05) is 11.4 Å². The van der Waals surface area contributed by atoms with E-state index in [0.717, 1.165) is 106 Å². The molecule has 0 saturated heterocycles. The van der Waals surface area contributed by atoms with Crippen LogP contribution in [-0.2, 0) is 15.0 Å². The topological polar surface area (TPSA) is 88.3 Å². The molecule has 6 aliphatic rings. The Labute approximate surface area is 234 Å².